The van der Waals surface area contributed by atoms with Crippen molar-refractivity contribution in [2.24, 2.45) is 5.41 Å². The number of benzene rings is 1. The van der Waals surface area contributed by atoms with E-state index in [-0.39, 0.29) is 12.0 Å². The maximum absolute atomic E-state index is 9.56. The van der Waals surface area contributed by atoms with E-state index in [4.69, 9.17) is 0 Å². The van der Waals surface area contributed by atoms with E-state index in [0.717, 1.165) is 36.4 Å². The van der Waals surface area contributed by atoms with Gasteiger partial charge in [-0.3, -0.25) is 0 Å². The number of aliphatic hydroxyl groups is 1. The Labute approximate surface area is 106 Å². The normalized spacial score (nSPS) is 18.3. The number of hydrogen-bond acceptors (Lipinski definition) is 3. The van der Waals surface area contributed by atoms with Crippen LogP contribution in [-0.2, 0) is 0 Å². The molecule has 1 aliphatic carbocycles. The number of nitrogens with zero attached hydrogens (tertiary/aromatic N) is 1. The standard InChI is InChI=1S/C14H19N3O/c18-10-14(7-3-4-8-14)9-15-13-16-11-5-1-2-6-12(11)17-13/h1-2,5-6,18H,3-4,7-10H2,(H2,15,16,17). The molecule has 4 nitrogen and oxygen atoms in total. The van der Waals surface area contributed by atoms with Crippen LogP contribution < -0.4 is 5.32 Å². The molecule has 0 aliphatic heterocycles. The second kappa shape index (κ2) is 4.61. The summed E-state index contributed by atoms with van der Waals surface area (Å²) in [5.74, 6) is 0.802. The van der Waals surface area contributed by atoms with Crippen LogP contribution in [0.3, 0.4) is 0 Å². The van der Waals surface area contributed by atoms with Gasteiger partial charge in [-0.2, -0.15) is 0 Å². The van der Waals surface area contributed by atoms with Crippen LogP contribution >= 0.6 is 0 Å². The van der Waals surface area contributed by atoms with Gasteiger partial charge in [-0.25, -0.2) is 4.98 Å². The minimum atomic E-state index is 0.0545. The highest BCUT2D eigenvalue weighted by Gasteiger charge is 2.33. The summed E-state index contributed by atoms with van der Waals surface area (Å²) in [4.78, 5) is 7.75. The van der Waals surface area contributed by atoms with E-state index in [9.17, 15) is 5.11 Å². The van der Waals surface area contributed by atoms with Gasteiger partial charge < -0.3 is 15.4 Å². The molecule has 0 atom stereocenters. The van der Waals surface area contributed by atoms with Gasteiger partial charge in [0.05, 0.1) is 17.6 Å². The molecule has 1 aliphatic rings. The summed E-state index contributed by atoms with van der Waals surface area (Å²) < 4.78 is 0. The third-order valence-electron chi connectivity index (χ3n) is 4.02. The maximum atomic E-state index is 9.56. The molecule has 0 saturated heterocycles. The SMILES string of the molecule is OCC1(CNc2nc3ccccc3[nH]2)CCCC1. The minimum absolute atomic E-state index is 0.0545. The zero-order chi connectivity index (χ0) is 12.4. The number of para-hydroxylation sites is 2. The maximum Gasteiger partial charge on any atom is 0.201 e. The van der Waals surface area contributed by atoms with E-state index < -0.39 is 0 Å². The Morgan fingerprint density at radius 2 is 2.06 bits per heavy atom. The molecule has 1 aromatic heterocycles. The Bertz CT molecular complexity index is 496. The summed E-state index contributed by atoms with van der Waals surface area (Å²) in [7, 11) is 0. The summed E-state index contributed by atoms with van der Waals surface area (Å²) in [5.41, 5.74) is 2.08. The fourth-order valence-corrected chi connectivity index (χ4v) is 2.82. The number of rotatable bonds is 4. The predicted octanol–water partition coefficient (Wildman–Crippen LogP) is 2.53. The lowest BCUT2D eigenvalue weighted by Crippen LogP contribution is -2.30. The van der Waals surface area contributed by atoms with Crippen LogP contribution in [0.5, 0.6) is 0 Å². The molecule has 18 heavy (non-hydrogen) atoms. The number of aliphatic hydroxyl groups excluding tert-OH is 1. The van der Waals surface area contributed by atoms with Crippen LogP contribution in [0.4, 0.5) is 5.95 Å². The summed E-state index contributed by atoms with van der Waals surface area (Å²) in [6, 6.07) is 7.99. The number of H-pyrrole nitrogens is 1. The van der Waals surface area contributed by atoms with Crippen molar-refractivity contribution in [2.75, 3.05) is 18.5 Å². The third-order valence-corrected chi connectivity index (χ3v) is 4.02. The first-order chi connectivity index (χ1) is 8.81. The highest BCUT2D eigenvalue weighted by molar-refractivity contribution is 5.77. The number of hydrogen-bond donors (Lipinski definition) is 3. The van der Waals surface area contributed by atoms with Gasteiger partial charge in [0.1, 0.15) is 0 Å². The van der Waals surface area contributed by atoms with Gasteiger partial charge in [0.2, 0.25) is 5.95 Å². The molecule has 0 radical (unpaired) electrons. The Morgan fingerprint density at radius 3 is 2.78 bits per heavy atom. The molecule has 1 saturated carbocycles. The Hall–Kier alpha value is -1.55. The molecule has 0 unspecified atom stereocenters. The Balaban J connectivity index is 1.72. The Kier molecular flexibility index (Phi) is 2.96. The van der Waals surface area contributed by atoms with Crippen molar-refractivity contribution >= 4 is 17.0 Å². The fourth-order valence-electron chi connectivity index (χ4n) is 2.82. The van der Waals surface area contributed by atoms with Gasteiger partial charge in [0, 0.05) is 12.0 Å². The Morgan fingerprint density at radius 1 is 1.28 bits per heavy atom. The summed E-state index contributed by atoms with van der Waals surface area (Å²) in [6.07, 6.45) is 4.66. The van der Waals surface area contributed by atoms with E-state index in [1.807, 2.05) is 24.3 Å². The molecule has 1 aromatic carbocycles. The second-order valence-electron chi connectivity index (χ2n) is 5.32. The van der Waals surface area contributed by atoms with E-state index in [1.54, 1.807) is 0 Å². The second-order valence-corrected chi connectivity index (χ2v) is 5.32. The van der Waals surface area contributed by atoms with E-state index >= 15 is 0 Å². The number of fused-ring (bicyclic) bond motifs is 1. The topological polar surface area (TPSA) is 60.9 Å². The molecule has 3 rings (SSSR count). The van der Waals surface area contributed by atoms with Crippen LogP contribution in [0.25, 0.3) is 11.0 Å². The molecule has 96 valence electrons. The summed E-state index contributed by atoms with van der Waals surface area (Å²) in [6.45, 7) is 1.06. The van der Waals surface area contributed by atoms with E-state index in [1.165, 1.54) is 12.8 Å². The molecule has 4 heteroatoms. The molecule has 3 N–H and O–H groups in total. The van der Waals surface area contributed by atoms with Crippen LogP contribution in [0.1, 0.15) is 25.7 Å². The first kappa shape index (κ1) is 11.5. The average molecular weight is 245 g/mol. The quantitative estimate of drug-likeness (QED) is 0.775. The smallest absolute Gasteiger partial charge is 0.201 e. The number of aromatic amines is 1. The average Bonchev–Trinajstić information content (AvgIpc) is 3.03. The molecule has 0 bridgehead atoms. The van der Waals surface area contributed by atoms with Crippen molar-refractivity contribution in [3.63, 3.8) is 0 Å². The van der Waals surface area contributed by atoms with E-state index in [0.29, 0.717) is 0 Å². The molecule has 0 amide bonds. The number of anilines is 1. The molecule has 1 heterocycles. The zero-order valence-electron chi connectivity index (χ0n) is 10.4. The minimum Gasteiger partial charge on any atom is -0.396 e. The first-order valence-electron chi connectivity index (χ1n) is 6.61. The van der Waals surface area contributed by atoms with Gasteiger partial charge in [-0.05, 0) is 25.0 Å². The highest BCUT2D eigenvalue weighted by Crippen LogP contribution is 2.37. The van der Waals surface area contributed by atoms with Crippen LogP contribution in [0, 0.1) is 5.41 Å². The first-order valence-corrected chi connectivity index (χ1v) is 6.61. The number of nitrogens with one attached hydrogen (secondary N) is 2. The fraction of sp³-hybridized carbons (Fsp3) is 0.500. The lowest BCUT2D eigenvalue weighted by molar-refractivity contribution is 0.142. The predicted molar refractivity (Wildman–Crippen MR) is 72.6 cm³/mol. The summed E-state index contributed by atoms with van der Waals surface area (Å²) in [5, 5.41) is 12.9. The molecular formula is C14H19N3O. The molecule has 0 spiro atoms. The lowest BCUT2D eigenvalue weighted by atomic mass is 9.87. The van der Waals surface area contributed by atoms with Crippen molar-refractivity contribution in [2.45, 2.75) is 25.7 Å². The van der Waals surface area contributed by atoms with Crippen LogP contribution in [0.15, 0.2) is 24.3 Å². The number of aromatic nitrogens is 2. The van der Waals surface area contributed by atoms with Gasteiger partial charge in [0.15, 0.2) is 0 Å². The van der Waals surface area contributed by atoms with Crippen molar-refractivity contribution < 1.29 is 5.11 Å². The van der Waals surface area contributed by atoms with Crippen LogP contribution in [-0.4, -0.2) is 28.2 Å². The van der Waals surface area contributed by atoms with Crippen molar-refractivity contribution in [1.29, 1.82) is 0 Å². The number of imidazole rings is 1. The largest absolute Gasteiger partial charge is 0.396 e. The third kappa shape index (κ3) is 2.08. The molecular weight excluding hydrogens is 226 g/mol. The van der Waals surface area contributed by atoms with Gasteiger partial charge >= 0.3 is 0 Å². The highest BCUT2D eigenvalue weighted by atomic mass is 16.3. The monoisotopic (exact) mass is 245 g/mol. The van der Waals surface area contributed by atoms with Crippen molar-refractivity contribution in [3.05, 3.63) is 24.3 Å². The summed E-state index contributed by atoms with van der Waals surface area (Å²) >= 11 is 0. The molecule has 2 aromatic rings. The van der Waals surface area contributed by atoms with Gasteiger partial charge in [-0.15, -0.1) is 0 Å². The van der Waals surface area contributed by atoms with Gasteiger partial charge in [-0.1, -0.05) is 25.0 Å². The van der Waals surface area contributed by atoms with E-state index in [2.05, 4.69) is 15.3 Å². The van der Waals surface area contributed by atoms with Crippen LogP contribution in [0.2, 0.25) is 0 Å². The zero-order valence-corrected chi connectivity index (χ0v) is 10.4. The molecule has 1 fully saturated rings. The van der Waals surface area contributed by atoms with Gasteiger partial charge in [0.25, 0.3) is 0 Å². The van der Waals surface area contributed by atoms with Crippen molar-refractivity contribution in [1.82, 2.24) is 9.97 Å². The van der Waals surface area contributed by atoms with Crippen molar-refractivity contribution in [3.8, 4) is 0 Å². The lowest BCUT2D eigenvalue weighted by Gasteiger charge is -2.26.